The lowest BCUT2D eigenvalue weighted by molar-refractivity contribution is 0.355. The molecule has 1 fully saturated rings. The molecule has 0 aliphatic heterocycles. The van der Waals surface area contributed by atoms with Crippen LogP contribution in [0.2, 0.25) is 0 Å². The first-order valence-corrected chi connectivity index (χ1v) is 12.4. The molecule has 28 heavy (non-hydrogen) atoms. The van der Waals surface area contributed by atoms with Crippen LogP contribution in [0.4, 0.5) is 0 Å². The summed E-state index contributed by atoms with van der Waals surface area (Å²) in [5, 5.41) is 3.20. The fraction of sp³-hybridized carbons (Fsp3) is 0.385. The molecule has 0 radical (unpaired) electrons. The molecule has 0 saturated heterocycles. The van der Waals surface area contributed by atoms with Crippen LogP contribution in [0, 0.1) is 17.3 Å². The molecule has 1 saturated carbocycles. The van der Waals surface area contributed by atoms with Gasteiger partial charge in [-0.2, -0.15) is 0 Å². The molecule has 0 aromatic heterocycles. The van der Waals surface area contributed by atoms with Crippen molar-refractivity contribution in [1.82, 2.24) is 0 Å². The Bertz CT molecular complexity index is 954. The van der Waals surface area contributed by atoms with Crippen molar-refractivity contribution >= 4 is 17.8 Å². The van der Waals surface area contributed by atoms with Gasteiger partial charge in [0.2, 0.25) is 0 Å². The standard InChI is InChI=1S/C26H29OP/c1-26(2)17-20-16-19-10-9-15-23(19)25(24(20)18-26)28(27,21-11-5-3-6-12-21)22-13-7-4-8-14-22/h3-8,11-14,18-20H,9-10,15-17H2,1-2H3/t19-,20+/m1/s1. The van der Waals surface area contributed by atoms with Gasteiger partial charge < -0.3 is 4.57 Å². The average molecular weight is 388 g/mol. The highest BCUT2D eigenvalue weighted by Gasteiger charge is 2.47. The topological polar surface area (TPSA) is 17.1 Å². The summed E-state index contributed by atoms with van der Waals surface area (Å²) in [5.41, 5.74) is 3.12. The Labute approximate surface area is 168 Å². The first-order valence-electron chi connectivity index (χ1n) is 10.7. The molecular formula is C26H29OP. The maximum absolute atomic E-state index is 15.2. The third kappa shape index (κ3) is 2.79. The number of allylic oxidation sites excluding steroid dienone is 4. The third-order valence-electron chi connectivity index (χ3n) is 6.95. The van der Waals surface area contributed by atoms with Crippen LogP contribution in [0.25, 0.3) is 0 Å². The van der Waals surface area contributed by atoms with Crippen molar-refractivity contribution in [3.8, 4) is 0 Å². The van der Waals surface area contributed by atoms with Gasteiger partial charge in [0.05, 0.1) is 0 Å². The monoisotopic (exact) mass is 388 g/mol. The Morgan fingerprint density at radius 1 is 0.893 bits per heavy atom. The van der Waals surface area contributed by atoms with Crippen LogP contribution in [0.1, 0.15) is 46.0 Å². The number of benzene rings is 2. The summed E-state index contributed by atoms with van der Waals surface area (Å²) in [6.07, 6.45) is 8.56. The van der Waals surface area contributed by atoms with Crippen molar-refractivity contribution in [3.63, 3.8) is 0 Å². The zero-order valence-electron chi connectivity index (χ0n) is 16.9. The zero-order valence-corrected chi connectivity index (χ0v) is 17.8. The van der Waals surface area contributed by atoms with E-state index in [-0.39, 0.29) is 5.41 Å². The van der Waals surface area contributed by atoms with Crippen molar-refractivity contribution in [2.45, 2.75) is 46.0 Å². The largest absolute Gasteiger partial charge is 0.309 e. The molecule has 0 bridgehead atoms. The zero-order chi connectivity index (χ0) is 19.4. The third-order valence-corrected chi connectivity index (χ3v) is 10.2. The van der Waals surface area contributed by atoms with Crippen LogP contribution in [0.3, 0.4) is 0 Å². The normalized spacial score (nSPS) is 26.0. The molecule has 144 valence electrons. The van der Waals surface area contributed by atoms with Gasteiger partial charge in [-0.05, 0) is 54.9 Å². The van der Waals surface area contributed by atoms with Crippen LogP contribution in [-0.4, -0.2) is 0 Å². The average Bonchev–Trinajstić information content (AvgIpc) is 3.28. The second-order valence-corrected chi connectivity index (χ2v) is 12.2. The van der Waals surface area contributed by atoms with Crippen LogP contribution in [-0.2, 0) is 4.57 Å². The van der Waals surface area contributed by atoms with Gasteiger partial charge in [-0.3, -0.25) is 0 Å². The Balaban J connectivity index is 1.82. The Morgan fingerprint density at radius 2 is 1.50 bits per heavy atom. The highest BCUT2D eigenvalue weighted by atomic mass is 31.2. The molecule has 2 aromatic rings. The highest BCUT2D eigenvalue weighted by Crippen LogP contribution is 2.65. The smallest absolute Gasteiger partial charge is 0.171 e. The van der Waals surface area contributed by atoms with E-state index in [1.165, 1.54) is 42.1 Å². The summed E-state index contributed by atoms with van der Waals surface area (Å²) in [6, 6.07) is 20.5. The van der Waals surface area contributed by atoms with E-state index >= 15 is 4.57 Å². The van der Waals surface area contributed by atoms with Gasteiger partial charge in [0.1, 0.15) is 0 Å². The summed E-state index contributed by atoms with van der Waals surface area (Å²) in [7, 11) is -2.88. The van der Waals surface area contributed by atoms with Gasteiger partial charge in [-0.25, -0.2) is 0 Å². The van der Waals surface area contributed by atoms with E-state index in [1.54, 1.807) is 0 Å². The molecule has 1 nitrogen and oxygen atoms in total. The van der Waals surface area contributed by atoms with Crippen LogP contribution >= 0.6 is 7.14 Å². The minimum Gasteiger partial charge on any atom is -0.309 e. The van der Waals surface area contributed by atoms with Crippen LogP contribution < -0.4 is 10.6 Å². The van der Waals surface area contributed by atoms with Crippen molar-refractivity contribution in [2.24, 2.45) is 17.3 Å². The molecule has 0 heterocycles. The lowest BCUT2D eigenvalue weighted by Crippen LogP contribution is -2.25. The van der Waals surface area contributed by atoms with E-state index in [1.807, 2.05) is 36.4 Å². The molecule has 3 aliphatic carbocycles. The number of hydrogen-bond acceptors (Lipinski definition) is 1. The molecule has 3 aliphatic rings. The molecule has 2 heteroatoms. The van der Waals surface area contributed by atoms with Gasteiger partial charge >= 0.3 is 0 Å². The predicted molar refractivity (Wildman–Crippen MR) is 119 cm³/mol. The van der Waals surface area contributed by atoms with Gasteiger partial charge in [0, 0.05) is 15.9 Å². The summed E-state index contributed by atoms with van der Waals surface area (Å²) >= 11 is 0. The fourth-order valence-electron chi connectivity index (χ4n) is 5.90. The first-order chi connectivity index (χ1) is 13.5. The second kappa shape index (κ2) is 6.60. The molecule has 0 spiro atoms. The molecule has 5 rings (SSSR count). The van der Waals surface area contributed by atoms with E-state index in [4.69, 9.17) is 0 Å². The summed E-state index contributed by atoms with van der Waals surface area (Å²) < 4.78 is 15.2. The van der Waals surface area contributed by atoms with Crippen molar-refractivity contribution in [3.05, 3.63) is 83.2 Å². The lowest BCUT2D eigenvalue weighted by atomic mass is 9.79. The lowest BCUT2D eigenvalue weighted by Gasteiger charge is -2.35. The Morgan fingerprint density at radius 3 is 2.11 bits per heavy atom. The van der Waals surface area contributed by atoms with Gasteiger partial charge in [-0.15, -0.1) is 0 Å². The highest BCUT2D eigenvalue weighted by molar-refractivity contribution is 7.82. The Hall–Kier alpha value is -1.85. The van der Waals surface area contributed by atoms with Crippen LogP contribution in [0.15, 0.2) is 83.2 Å². The fourth-order valence-corrected chi connectivity index (χ4v) is 9.21. The predicted octanol–water partition coefficient (Wildman–Crippen LogP) is 6.43. The van der Waals surface area contributed by atoms with Crippen LogP contribution in [0.5, 0.6) is 0 Å². The van der Waals surface area contributed by atoms with Gasteiger partial charge in [0.15, 0.2) is 7.14 Å². The quantitative estimate of drug-likeness (QED) is 0.554. The van der Waals surface area contributed by atoms with E-state index < -0.39 is 7.14 Å². The summed E-state index contributed by atoms with van der Waals surface area (Å²) in [5.74, 6) is 1.20. The number of fused-ring (bicyclic) bond motifs is 2. The van der Waals surface area contributed by atoms with E-state index in [0.717, 1.165) is 17.0 Å². The molecule has 0 N–H and O–H groups in total. The van der Waals surface area contributed by atoms with E-state index in [2.05, 4.69) is 44.2 Å². The van der Waals surface area contributed by atoms with E-state index in [9.17, 15) is 0 Å². The van der Waals surface area contributed by atoms with Crippen molar-refractivity contribution in [2.75, 3.05) is 0 Å². The SMILES string of the molecule is CC1(C)C=C2C(P(=O)(c3ccccc3)c3ccccc3)=C3CCC[C@@H]3C[C@H]2C1. The maximum Gasteiger partial charge on any atom is 0.171 e. The molecule has 2 aromatic carbocycles. The molecule has 0 unspecified atom stereocenters. The van der Waals surface area contributed by atoms with E-state index in [0.29, 0.717) is 11.8 Å². The van der Waals surface area contributed by atoms with Gasteiger partial charge in [0.25, 0.3) is 0 Å². The number of hydrogen-bond donors (Lipinski definition) is 0. The molecule has 2 atom stereocenters. The van der Waals surface area contributed by atoms with Crippen molar-refractivity contribution in [1.29, 1.82) is 0 Å². The first kappa shape index (κ1) is 18.2. The second-order valence-electron chi connectivity index (χ2n) is 9.47. The summed E-state index contributed by atoms with van der Waals surface area (Å²) in [6.45, 7) is 4.68. The maximum atomic E-state index is 15.2. The molecular weight excluding hydrogens is 359 g/mol. The van der Waals surface area contributed by atoms with Gasteiger partial charge in [-0.1, -0.05) is 86.2 Å². The minimum atomic E-state index is -2.88. The Kier molecular flexibility index (Phi) is 4.29. The summed E-state index contributed by atoms with van der Waals surface area (Å²) in [4.78, 5) is 0. The minimum absolute atomic E-state index is 0.197. The molecule has 0 amide bonds. The van der Waals surface area contributed by atoms with Crippen molar-refractivity contribution < 1.29 is 4.57 Å². The number of rotatable bonds is 3.